The quantitative estimate of drug-likeness (QED) is 0.610. The lowest BCUT2D eigenvalue weighted by molar-refractivity contribution is -0.120. The summed E-state index contributed by atoms with van der Waals surface area (Å²) in [5.41, 5.74) is 2.29. The second kappa shape index (κ2) is 9.57. The van der Waals surface area contributed by atoms with Crippen molar-refractivity contribution in [1.82, 2.24) is 5.32 Å². The molecule has 0 aliphatic carbocycles. The van der Waals surface area contributed by atoms with Gasteiger partial charge < -0.3 is 19.9 Å². The molecule has 2 N–H and O–H groups in total. The number of rotatable bonds is 9. The van der Waals surface area contributed by atoms with Crippen molar-refractivity contribution in [2.24, 2.45) is 0 Å². The van der Waals surface area contributed by atoms with Crippen LogP contribution in [0.2, 0.25) is 5.02 Å². The van der Waals surface area contributed by atoms with Crippen molar-refractivity contribution >= 4 is 17.5 Å². The van der Waals surface area contributed by atoms with E-state index >= 15 is 0 Å². The molecule has 0 saturated carbocycles. The van der Waals surface area contributed by atoms with Gasteiger partial charge in [0.2, 0.25) is 5.91 Å². The minimum absolute atomic E-state index is 0.0307. The monoisotopic (exact) mass is 421 g/mol. The van der Waals surface area contributed by atoms with Gasteiger partial charge in [-0.3, -0.25) is 4.79 Å². The Labute approximate surface area is 174 Å². The molecule has 1 aliphatic rings. The van der Waals surface area contributed by atoms with Crippen LogP contribution < -0.4 is 10.1 Å². The van der Waals surface area contributed by atoms with E-state index < -0.39 is 11.4 Å². The van der Waals surface area contributed by atoms with E-state index in [-0.39, 0.29) is 30.6 Å². The topological polar surface area (TPSA) is 67.8 Å². The van der Waals surface area contributed by atoms with E-state index in [0.29, 0.717) is 26.0 Å². The number of hydrogen-bond donors (Lipinski definition) is 2. The first kappa shape index (κ1) is 21.6. The maximum Gasteiger partial charge on any atom is 0.224 e. The van der Waals surface area contributed by atoms with Crippen molar-refractivity contribution < 1.29 is 23.8 Å². The molecule has 1 heterocycles. The smallest absolute Gasteiger partial charge is 0.224 e. The van der Waals surface area contributed by atoms with E-state index in [0.717, 1.165) is 22.4 Å². The molecule has 1 aliphatic heterocycles. The number of ether oxygens (including phenoxy) is 2. The Hall–Kier alpha value is -2.15. The van der Waals surface area contributed by atoms with Gasteiger partial charge in [-0.15, -0.1) is 0 Å². The van der Waals surface area contributed by atoms with Crippen LogP contribution in [0.4, 0.5) is 4.39 Å². The second-order valence-electron chi connectivity index (χ2n) is 7.46. The number of fused-ring (bicyclic) bond motifs is 1. The molecule has 0 radical (unpaired) electrons. The number of aliphatic hydroxyl groups excluding tert-OH is 1. The summed E-state index contributed by atoms with van der Waals surface area (Å²) < 4.78 is 25.0. The summed E-state index contributed by atoms with van der Waals surface area (Å²) in [5, 5.41) is 11.5. The zero-order chi connectivity index (χ0) is 20.9. The van der Waals surface area contributed by atoms with E-state index in [1.54, 1.807) is 6.07 Å². The molecule has 0 bridgehead atoms. The minimum atomic E-state index is -0.479. The lowest BCUT2D eigenvalue weighted by Crippen LogP contribution is -2.32. The molecule has 1 atom stereocenters. The predicted molar refractivity (Wildman–Crippen MR) is 109 cm³/mol. The third-order valence-corrected chi connectivity index (χ3v) is 5.08. The first-order valence-corrected chi connectivity index (χ1v) is 9.96. The molecular formula is C22H25ClFNO4. The van der Waals surface area contributed by atoms with Crippen LogP contribution in [0.15, 0.2) is 36.4 Å². The van der Waals surface area contributed by atoms with Crippen molar-refractivity contribution in [1.29, 1.82) is 0 Å². The molecule has 2 aromatic rings. The number of hydrogen-bond acceptors (Lipinski definition) is 4. The largest absolute Gasteiger partial charge is 0.487 e. The number of carbonyl (C=O) groups excluding carboxylic acids is 1. The molecule has 1 amide bonds. The zero-order valence-electron chi connectivity index (χ0n) is 16.3. The summed E-state index contributed by atoms with van der Waals surface area (Å²) in [6.07, 6.45) is 1.50. The van der Waals surface area contributed by atoms with Gasteiger partial charge in [0.25, 0.3) is 0 Å². The molecule has 156 valence electrons. The van der Waals surface area contributed by atoms with Gasteiger partial charge in [-0.25, -0.2) is 4.39 Å². The van der Waals surface area contributed by atoms with Gasteiger partial charge in [0.1, 0.15) is 17.2 Å². The Balaban J connectivity index is 1.56. The summed E-state index contributed by atoms with van der Waals surface area (Å²) in [4.78, 5) is 12.1. The van der Waals surface area contributed by atoms with Crippen molar-refractivity contribution in [3.63, 3.8) is 0 Å². The fourth-order valence-electron chi connectivity index (χ4n) is 3.54. The van der Waals surface area contributed by atoms with E-state index in [4.69, 9.17) is 26.2 Å². The minimum Gasteiger partial charge on any atom is -0.487 e. The van der Waals surface area contributed by atoms with E-state index in [1.807, 2.05) is 31.2 Å². The van der Waals surface area contributed by atoms with E-state index in [2.05, 4.69) is 5.32 Å². The summed E-state index contributed by atoms with van der Waals surface area (Å²) >= 11 is 5.76. The van der Waals surface area contributed by atoms with Crippen LogP contribution in [0.5, 0.6) is 5.75 Å². The Morgan fingerprint density at radius 2 is 2.07 bits per heavy atom. The highest BCUT2D eigenvalue weighted by atomic mass is 35.5. The van der Waals surface area contributed by atoms with Crippen LogP contribution >= 0.6 is 11.6 Å². The average molecular weight is 422 g/mol. The third-order valence-electron chi connectivity index (χ3n) is 4.78. The average Bonchev–Trinajstić information content (AvgIpc) is 2.99. The maximum atomic E-state index is 13.7. The number of nitrogens with one attached hydrogen (secondary N) is 1. The number of halogens is 2. The lowest BCUT2D eigenvalue weighted by Gasteiger charge is -2.24. The van der Waals surface area contributed by atoms with Crippen molar-refractivity contribution in [2.45, 2.75) is 31.8 Å². The highest BCUT2D eigenvalue weighted by molar-refractivity contribution is 6.30. The predicted octanol–water partition coefficient (Wildman–Crippen LogP) is 3.08. The number of benzene rings is 2. The Morgan fingerprint density at radius 1 is 1.28 bits per heavy atom. The fraction of sp³-hybridized carbons (Fsp3) is 0.409. The highest BCUT2D eigenvalue weighted by Gasteiger charge is 2.35. The molecule has 5 nitrogen and oxygen atoms in total. The molecule has 0 unspecified atom stereocenters. The van der Waals surface area contributed by atoms with E-state index in [1.165, 1.54) is 6.07 Å². The van der Waals surface area contributed by atoms with Crippen LogP contribution in [0.1, 0.15) is 23.6 Å². The van der Waals surface area contributed by atoms with Crippen molar-refractivity contribution in [3.05, 3.63) is 63.9 Å². The van der Waals surface area contributed by atoms with Gasteiger partial charge in [0, 0.05) is 19.4 Å². The molecular weight excluding hydrogens is 397 g/mol. The van der Waals surface area contributed by atoms with Crippen molar-refractivity contribution in [2.75, 3.05) is 26.4 Å². The molecule has 29 heavy (non-hydrogen) atoms. The lowest BCUT2D eigenvalue weighted by atomic mass is 9.91. The molecule has 0 saturated heterocycles. The maximum absolute atomic E-state index is 13.7. The molecule has 0 fully saturated rings. The highest BCUT2D eigenvalue weighted by Crippen LogP contribution is 2.37. The zero-order valence-corrected chi connectivity index (χ0v) is 17.1. The molecule has 0 aromatic heterocycles. The molecule has 3 rings (SSSR count). The number of aliphatic hydroxyl groups is 1. The summed E-state index contributed by atoms with van der Waals surface area (Å²) in [7, 11) is 0. The van der Waals surface area contributed by atoms with Gasteiger partial charge in [-0.1, -0.05) is 29.8 Å². The Kier molecular flexibility index (Phi) is 7.11. The van der Waals surface area contributed by atoms with Gasteiger partial charge in [0.05, 0.1) is 31.3 Å². The Bertz CT molecular complexity index is 876. The van der Waals surface area contributed by atoms with Gasteiger partial charge in [-0.2, -0.15) is 0 Å². The summed E-state index contributed by atoms with van der Waals surface area (Å²) in [5.74, 6) is 0.276. The van der Waals surface area contributed by atoms with Gasteiger partial charge >= 0.3 is 0 Å². The summed E-state index contributed by atoms with van der Waals surface area (Å²) in [6.45, 7) is 3.01. The SMILES string of the molecule is C[C@@]1(Cc2ccc(Cl)c(F)c2)Cc2cc(CC(=O)NCCOCCO)ccc2O1. The van der Waals surface area contributed by atoms with Crippen LogP contribution in [0.3, 0.4) is 0 Å². The standard InChI is InChI=1S/C22H25ClFNO4/c1-22(13-16-2-4-18(23)19(24)11-16)14-17-10-15(3-5-20(17)29-22)12-21(27)25-6-8-28-9-7-26/h2-5,10-11,26H,6-9,12-14H2,1H3,(H,25,27)/t22-/m1/s1. The summed E-state index contributed by atoms with van der Waals surface area (Å²) in [6, 6.07) is 10.6. The molecule has 7 heteroatoms. The van der Waals surface area contributed by atoms with Gasteiger partial charge in [0.15, 0.2) is 0 Å². The van der Waals surface area contributed by atoms with E-state index in [9.17, 15) is 9.18 Å². The Morgan fingerprint density at radius 3 is 2.83 bits per heavy atom. The molecule has 2 aromatic carbocycles. The second-order valence-corrected chi connectivity index (χ2v) is 7.87. The normalized spacial score (nSPS) is 17.7. The third kappa shape index (κ3) is 5.92. The molecule has 0 spiro atoms. The first-order valence-electron chi connectivity index (χ1n) is 9.58. The number of amides is 1. The van der Waals surface area contributed by atoms with Crippen molar-refractivity contribution in [3.8, 4) is 5.75 Å². The fourth-order valence-corrected chi connectivity index (χ4v) is 3.66. The van der Waals surface area contributed by atoms with Crippen LogP contribution in [-0.4, -0.2) is 43.0 Å². The van der Waals surface area contributed by atoms with Crippen LogP contribution in [0, 0.1) is 5.82 Å². The number of carbonyl (C=O) groups is 1. The van der Waals surface area contributed by atoms with Crippen LogP contribution in [-0.2, 0) is 28.8 Å². The van der Waals surface area contributed by atoms with Gasteiger partial charge in [-0.05, 0) is 41.8 Å². The van der Waals surface area contributed by atoms with Crippen LogP contribution in [0.25, 0.3) is 0 Å². The first-order chi connectivity index (χ1) is 13.9.